The van der Waals surface area contributed by atoms with Crippen molar-refractivity contribution in [3.8, 4) is 18.2 Å². The topological polar surface area (TPSA) is 71.4 Å². The third kappa shape index (κ3) is 1.84. The van der Waals surface area contributed by atoms with Crippen LogP contribution < -0.4 is 0 Å². The van der Waals surface area contributed by atoms with Crippen molar-refractivity contribution in [1.82, 2.24) is 0 Å². The van der Waals surface area contributed by atoms with Gasteiger partial charge in [0.2, 0.25) is 0 Å². The standard InChI is InChI=1S/C11H11N3S/c1-7-9(6-14)10(8(4-12)5-13)15-11(7,2)3/h8,10H,1-3H3. The average Bonchev–Trinajstić information content (AvgIpc) is 2.40. The molecule has 15 heavy (non-hydrogen) atoms. The highest BCUT2D eigenvalue weighted by molar-refractivity contribution is 8.02. The smallest absolute Gasteiger partial charge is 0.149 e. The Labute approximate surface area is 94.0 Å². The van der Waals surface area contributed by atoms with Gasteiger partial charge in [0.05, 0.1) is 23.5 Å². The molecule has 1 aliphatic rings. The zero-order chi connectivity index (χ0) is 11.6. The molecule has 0 saturated carbocycles. The zero-order valence-corrected chi connectivity index (χ0v) is 9.72. The van der Waals surface area contributed by atoms with Gasteiger partial charge in [-0.1, -0.05) is 0 Å². The lowest BCUT2D eigenvalue weighted by Gasteiger charge is -2.20. The summed E-state index contributed by atoms with van der Waals surface area (Å²) in [5.74, 6) is -0.735. The molecule has 3 nitrogen and oxygen atoms in total. The summed E-state index contributed by atoms with van der Waals surface area (Å²) >= 11 is 1.52. The van der Waals surface area contributed by atoms with Crippen LogP contribution in [0.5, 0.6) is 0 Å². The highest BCUT2D eigenvalue weighted by Gasteiger charge is 2.41. The Morgan fingerprint density at radius 2 is 1.80 bits per heavy atom. The fourth-order valence-corrected chi connectivity index (χ4v) is 3.08. The van der Waals surface area contributed by atoms with Crippen molar-refractivity contribution in [3.05, 3.63) is 11.1 Å². The molecule has 0 fully saturated rings. The van der Waals surface area contributed by atoms with Gasteiger partial charge in [-0.3, -0.25) is 0 Å². The van der Waals surface area contributed by atoms with E-state index in [0.29, 0.717) is 5.57 Å². The van der Waals surface area contributed by atoms with Gasteiger partial charge in [-0.15, -0.1) is 11.8 Å². The summed E-state index contributed by atoms with van der Waals surface area (Å²) in [6.07, 6.45) is 0. The second-order valence-corrected chi connectivity index (χ2v) is 5.70. The van der Waals surface area contributed by atoms with E-state index in [1.165, 1.54) is 11.8 Å². The van der Waals surface area contributed by atoms with Crippen molar-refractivity contribution >= 4 is 11.8 Å². The van der Waals surface area contributed by atoms with Gasteiger partial charge in [0.25, 0.3) is 0 Å². The number of hydrogen-bond acceptors (Lipinski definition) is 4. The summed E-state index contributed by atoms with van der Waals surface area (Å²) in [4.78, 5) is 0. The Balaban J connectivity index is 3.16. The number of nitrogens with zero attached hydrogens (tertiary/aromatic N) is 3. The molecule has 0 aliphatic carbocycles. The van der Waals surface area contributed by atoms with Crippen LogP contribution >= 0.6 is 11.8 Å². The molecule has 0 aromatic carbocycles. The first-order valence-corrected chi connectivity index (χ1v) is 5.44. The second-order valence-electron chi connectivity index (χ2n) is 3.94. The minimum atomic E-state index is -0.735. The monoisotopic (exact) mass is 217 g/mol. The van der Waals surface area contributed by atoms with Gasteiger partial charge < -0.3 is 0 Å². The predicted molar refractivity (Wildman–Crippen MR) is 58.5 cm³/mol. The molecule has 0 aromatic heterocycles. The molecule has 1 atom stereocenters. The highest BCUT2D eigenvalue weighted by atomic mass is 32.2. The van der Waals surface area contributed by atoms with Crippen molar-refractivity contribution in [3.63, 3.8) is 0 Å². The Hall–Kier alpha value is -1.44. The summed E-state index contributed by atoms with van der Waals surface area (Å²) in [5, 5.41) is 26.4. The zero-order valence-electron chi connectivity index (χ0n) is 8.90. The third-order valence-electron chi connectivity index (χ3n) is 2.71. The molecule has 0 aromatic rings. The lowest BCUT2D eigenvalue weighted by Crippen LogP contribution is -2.16. The number of nitriles is 3. The molecular weight excluding hydrogens is 206 g/mol. The Morgan fingerprint density at radius 1 is 1.27 bits per heavy atom. The molecule has 0 amide bonds. The van der Waals surface area contributed by atoms with Gasteiger partial charge >= 0.3 is 0 Å². The molecule has 1 unspecified atom stereocenters. The van der Waals surface area contributed by atoms with Gasteiger partial charge in [-0.25, -0.2) is 0 Å². The van der Waals surface area contributed by atoms with Crippen LogP contribution in [0.3, 0.4) is 0 Å². The van der Waals surface area contributed by atoms with Gasteiger partial charge in [0.15, 0.2) is 0 Å². The van der Waals surface area contributed by atoms with E-state index >= 15 is 0 Å². The number of thioether (sulfide) groups is 1. The van der Waals surface area contributed by atoms with E-state index in [1.807, 2.05) is 32.9 Å². The van der Waals surface area contributed by atoms with Crippen LogP contribution in [0.15, 0.2) is 11.1 Å². The fraction of sp³-hybridized carbons (Fsp3) is 0.545. The van der Waals surface area contributed by atoms with Gasteiger partial charge in [0, 0.05) is 10.3 Å². The Morgan fingerprint density at radius 3 is 2.20 bits per heavy atom. The van der Waals surface area contributed by atoms with Crippen LogP contribution in [0.25, 0.3) is 0 Å². The van der Waals surface area contributed by atoms with Crippen molar-refractivity contribution < 1.29 is 0 Å². The van der Waals surface area contributed by atoms with E-state index < -0.39 is 5.92 Å². The van der Waals surface area contributed by atoms with Gasteiger partial charge in [-0.05, 0) is 26.3 Å². The minimum absolute atomic E-state index is 0.151. The maximum absolute atomic E-state index is 9.04. The average molecular weight is 217 g/mol. The predicted octanol–water partition coefficient (Wildman–Crippen LogP) is 2.38. The van der Waals surface area contributed by atoms with Gasteiger partial charge in [0.1, 0.15) is 5.92 Å². The quantitative estimate of drug-likeness (QED) is 0.676. The van der Waals surface area contributed by atoms with E-state index in [-0.39, 0.29) is 10.00 Å². The molecule has 4 heteroatoms. The van der Waals surface area contributed by atoms with Crippen LogP contribution in [0, 0.1) is 39.9 Å². The minimum Gasteiger partial charge on any atom is -0.197 e. The largest absolute Gasteiger partial charge is 0.197 e. The Bertz CT molecular complexity index is 414. The molecule has 0 radical (unpaired) electrons. The first-order chi connectivity index (χ1) is 6.97. The third-order valence-corrected chi connectivity index (χ3v) is 4.37. The van der Waals surface area contributed by atoms with E-state index in [9.17, 15) is 0 Å². The van der Waals surface area contributed by atoms with Crippen LogP contribution in [-0.4, -0.2) is 10.00 Å². The van der Waals surface area contributed by atoms with Crippen molar-refractivity contribution in [2.75, 3.05) is 0 Å². The lowest BCUT2D eigenvalue weighted by molar-refractivity contribution is 0.840. The molecule has 0 saturated heterocycles. The fourth-order valence-electron chi connectivity index (χ4n) is 1.55. The highest BCUT2D eigenvalue weighted by Crippen LogP contribution is 2.48. The van der Waals surface area contributed by atoms with Crippen molar-refractivity contribution in [2.24, 2.45) is 5.92 Å². The molecule has 76 valence electrons. The summed E-state index contributed by atoms with van der Waals surface area (Å²) in [6, 6.07) is 6.02. The summed E-state index contributed by atoms with van der Waals surface area (Å²) in [7, 11) is 0. The van der Waals surface area contributed by atoms with Crippen molar-refractivity contribution in [2.45, 2.75) is 30.8 Å². The summed E-state index contributed by atoms with van der Waals surface area (Å²) in [5.41, 5.74) is 1.58. The van der Waals surface area contributed by atoms with E-state index in [4.69, 9.17) is 15.8 Å². The molecule has 0 spiro atoms. The molecular formula is C11H11N3S. The second kappa shape index (κ2) is 3.97. The maximum Gasteiger partial charge on any atom is 0.149 e. The SMILES string of the molecule is CC1=C(C#N)C(C(C#N)C#N)SC1(C)C. The van der Waals surface area contributed by atoms with Crippen molar-refractivity contribution in [1.29, 1.82) is 15.8 Å². The van der Waals surface area contributed by atoms with E-state index in [0.717, 1.165) is 5.57 Å². The van der Waals surface area contributed by atoms with Gasteiger partial charge in [-0.2, -0.15) is 15.8 Å². The van der Waals surface area contributed by atoms with E-state index in [2.05, 4.69) is 6.07 Å². The molecule has 1 heterocycles. The first-order valence-electron chi connectivity index (χ1n) is 4.56. The molecule has 1 rings (SSSR count). The summed E-state index contributed by atoms with van der Waals surface area (Å²) in [6.45, 7) is 5.92. The normalized spacial score (nSPS) is 23.4. The maximum atomic E-state index is 9.04. The van der Waals surface area contributed by atoms with E-state index in [1.54, 1.807) is 0 Å². The van der Waals surface area contributed by atoms with Crippen LogP contribution in [-0.2, 0) is 0 Å². The Kier molecular flexibility index (Phi) is 3.08. The molecule has 0 bridgehead atoms. The molecule has 1 aliphatic heterocycles. The molecule has 0 N–H and O–H groups in total. The number of hydrogen-bond donors (Lipinski definition) is 0. The van der Waals surface area contributed by atoms with Crippen LogP contribution in [0.4, 0.5) is 0 Å². The summed E-state index contributed by atoms with van der Waals surface area (Å²) < 4.78 is -0.151. The number of rotatable bonds is 1. The van der Waals surface area contributed by atoms with Crippen LogP contribution in [0.2, 0.25) is 0 Å². The lowest BCUT2D eigenvalue weighted by atomic mass is 9.93. The first kappa shape index (κ1) is 11.6. The van der Waals surface area contributed by atoms with Crippen LogP contribution in [0.1, 0.15) is 20.8 Å².